The molecule has 0 radical (unpaired) electrons. The molecule has 0 saturated heterocycles. The van der Waals surface area contributed by atoms with E-state index in [2.05, 4.69) is 21.0 Å². The number of nitrogens with one attached hydrogen (secondary N) is 1. The van der Waals surface area contributed by atoms with Crippen molar-refractivity contribution >= 4 is 11.9 Å². The van der Waals surface area contributed by atoms with Crippen molar-refractivity contribution < 1.29 is 22.7 Å². The Bertz CT molecular complexity index is 712. The van der Waals surface area contributed by atoms with Gasteiger partial charge in [-0.25, -0.2) is 9.38 Å². The fourth-order valence-electron chi connectivity index (χ4n) is 2.17. The molecule has 1 amide bonds. The van der Waals surface area contributed by atoms with Crippen LogP contribution in [-0.4, -0.2) is 31.0 Å². The van der Waals surface area contributed by atoms with E-state index in [4.69, 9.17) is 12.2 Å². The molecule has 1 atom stereocenters. The number of rotatable bonds is 3. The maximum absolute atomic E-state index is 14.2. The lowest BCUT2D eigenvalue weighted by molar-refractivity contribution is -0.117. The first-order chi connectivity index (χ1) is 10.7. The summed E-state index contributed by atoms with van der Waals surface area (Å²) in [7, 11) is 0. The number of amides is 1. The number of carbonyl (C=O) groups excluding carboxylic acids is 1. The van der Waals surface area contributed by atoms with Crippen molar-refractivity contribution in [2.24, 2.45) is 10.7 Å². The molecule has 0 aliphatic carbocycles. The zero-order chi connectivity index (χ0) is 17.3. The molecule has 1 aromatic rings. The number of terminal acetylenes is 1. The minimum atomic E-state index is -3.51. The summed E-state index contributed by atoms with van der Waals surface area (Å²) in [4.78, 5) is 15.5. The van der Waals surface area contributed by atoms with Gasteiger partial charge in [-0.3, -0.25) is 4.79 Å². The number of hydrogen-bond donors (Lipinski definition) is 2. The van der Waals surface area contributed by atoms with Crippen LogP contribution >= 0.6 is 0 Å². The van der Waals surface area contributed by atoms with Crippen LogP contribution in [0.25, 0.3) is 0 Å². The predicted octanol–water partition coefficient (Wildman–Crippen LogP) is 1.38. The van der Waals surface area contributed by atoms with Crippen LogP contribution in [0.15, 0.2) is 23.2 Å². The number of nitrogens with two attached hydrogens (primary N) is 1. The third-order valence-electron chi connectivity index (χ3n) is 3.55. The first-order valence-corrected chi connectivity index (χ1v) is 6.59. The predicted molar refractivity (Wildman–Crippen MR) is 77.4 cm³/mol. The molecular formula is C15H14F3N3O2. The normalized spacial score (nSPS) is 22.5. The summed E-state index contributed by atoms with van der Waals surface area (Å²) in [6.45, 7) is -0.0480. The van der Waals surface area contributed by atoms with E-state index in [1.807, 2.05) is 0 Å². The average molecular weight is 325 g/mol. The minimum absolute atomic E-state index is 0.0195. The van der Waals surface area contributed by atoms with E-state index < -0.39 is 41.4 Å². The van der Waals surface area contributed by atoms with Crippen molar-refractivity contribution in [3.63, 3.8) is 0 Å². The van der Waals surface area contributed by atoms with Crippen LogP contribution < -0.4 is 11.1 Å². The smallest absolute Gasteiger partial charge is 0.310 e. The van der Waals surface area contributed by atoms with E-state index in [1.165, 1.54) is 6.07 Å². The second-order valence-corrected chi connectivity index (χ2v) is 5.10. The van der Waals surface area contributed by atoms with Gasteiger partial charge in [0.05, 0.1) is 6.54 Å². The van der Waals surface area contributed by atoms with Crippen LogP contribution in [0.1, 0.15) is 22.8 Å². The molecule has 1 aliphatic heterocycles. The number of carbonyl (C=O) groups is 1. The lowest BCUT2D eigenvalue weighted by Gasteiger charge is -2.37. The summed E-state index contributed by atoms with van der Waals surface area (Å²) >= 11 is 0. The Kier molecular flexibility index (Phi) is 4.23. The van der Waals surface area contributed by atoms with Crippen LogP contribution in [0.3, 0.4) is 0 Å². The van der Waals surface area contributed by atoms with Gasteiger partial charge in [0.15, 0.2) is 12.1 Å². The summed E-state index contributed by atoms with van der Waals surface area (Å²) in [5.41, 5.74) is 2.59. The van der Waals surface area contributed by atoms with E-state index in [0.717, 1.165) is 19.1 Å². The fourth-order valence-corrected chi connectivity index (χ4v) is 2.17. The molecule has 1 aromatic carbocycles. The van der Waals surface area contributed by atoms with Crippen LogP contribution in [0.2, 0.25) is 0 Å². The monoisotopic (exact) mass is 325 g/mol. The maximum Gasteiger partial charge on any atom is 0.310 e. The van der Waals surface area contributed by atoms with E-state index in [1.54, 1.807) is 0 Å². The molecule has 1 unspecified atom stereocenters. The molecule has 1 heterocycles. The van der Waals surface area contributed by atoms with Crippen molar-refractivity contribution in [1.29, 1.82) is 0 Å². The highest BCUT2D eigenvalue weighted by Crippen LogP contribution is 2.44. The van der Waals surface area contributed by atoms with Gasteiger partial charge in [0, 0.05) is 11.1 Å². The third-order valence-corrected chi connectivity index (χ3v) is 3.55. The summed E-state index contributed by atoms with van der Waals surface area (Å²) in [6.07, 6.45) is 5.03. The van der Waals surface area contributed by atoms with Gasteiger partial charge in [0.1, 0.15) is 5.82 Å². The largest absolute Gasteiger partial charge is 0.459 e. The zero-order valence-corrected chi connectivity index (χ0v) is 12.2. The van der Waals surface area contributed by atoms with Crippen molar-refractivity contribution in [2.45, 2.75) is 18.4 Å². The first-order valence-electron chi connectivity index (χ1n) is 6.59. The fraction of sp³-hybridized carbons (Fsp3) is 0.333. The molecule has 1 aliphatic rings. The van der Waals surface area contributed by atoms with Gasteiger partial charge in [-0.15, -0.1) is 6.42 Å². The van der Waals surface area contributed by atoms with E-state index in [-0.39, 0.29) is 12.1 Å². The molecule has 23 heavy (non-hydrogen) atoms. The number of halogens is 3. The van der Waals surface area contributed by atoms with Crippen molar-refractivity contribution in [2.75, 3.05) is 13.2 Å². The maximum atomic E-state index is 14.2. The average Bonchev–Trinajstić information content (AvgIpc) is 2.49. The van der Waals surface area contributed by atoms with Gasteiger partial charge < -0.3 is 15.8 Å². The molecule has 0 aromatic heterocycles. The van der Waals surface area contributed by atoms with Crippen LogP contribution in [0, 0.1) is 18.2 Å². The Balaban J connectivity index is 2.52. The summed E-state index contributed by atoms with van der Waals surface area (Å²) in [6, 6.07) is 2.62. The highest BCUT2D eigenvalue weighted by molar-refractivity contribution is 5.94. The second-order valence-electron chi connectivity index (χ2n) is 5.10. The Morgan fingerprint density at radius 3 is 2.91 bits per heavy atom. The second kappa shape index (κ2) is 5.83. The number of alkyl halides is 2. The standard InChI is InChI=1S/C15H14F3N3O2/c1-3-6-20-12(22)9-4-5-11(16)10(7-9)14(2)15(17,18)8-23-13(19)21-14/h1,4-5,7H,6,8H2,2H3,(H2,19,21)(H,20,22). The number of benzene rings is 1. The first kappa shape index (κ1) is 16.7. The molecule has 8 heteroatoms. The van der Waals surface area contributed by atoms with Crippen LogP contribution in [0.4, 0.5) is 13.2 Å². The van der Waals surface area contributed by atoms with Gasteiger partial charge in [-0.2, -0.15) is 8.78 Å². The van der Waals surface area contributed by atoms with E-state index in [0.29, 0.717) is 0 Å². The molecular weight excluding hydrogens is 311 g/mol. The van der Waals surface area contributed by atoms with Gasteiger partial charge in [0.2, 0.25) is 0 Å². The van der Waals surface area contributed by atoms with Gasteiger partial charge in [-0.1, -0.05) is 5.92 Å². The molecule has 122 valence electrons. The molecule has 0 bridgehead atoms. The highest BCUT2D eigenvalue weighted by atomic mass is 19.3. The molecule has 5 nitrogen and oxygen atoms in total. The topological polar surface area (TPSA) is 76.7 Å². The SMILES string of the molecule is C#CCNC(=O)c1ccc(F)c(C2(C)N=C(N)OCC2(F)F)c1. The summed E-state index contributed by atoms with van der Waals surface area (Å²) < 4.78 is 47.2. The molecule has 0 fully saturated rings. The third kappa shape index (κ3) is 2.95. The number of nitrogens with zero attached hydrogens (tertiary/aromatic N) is 1. The number of hydrogen-bond acceptors (Lipinski definition) is 4. The quantitative estimate of drug-likeness (QED) is 0.825. The Morgan fingerprint density at radius 1 is 1.57 bits per heavy atom. The number of amidine groups is 1. The Morgan fingerprint density at radius 2 is 2.26 bits per heavy atom. The van der Waals surface area contributed by atoms with Gasteiger partial charge in [0.25, 0.3) is 11.9 Å². The molecule has 3 N–H and O–H groups in total. The van der Waals surface area contributed by atoms with Crippen LogP contribution in [0.5, 0.6) is 0 Å². The van der Waals surface area contributed by atoms with Gasteiger partial charge >= 0.3 is 5.92 Å². The van der Waals surface area contributed by atoms with Crippen molar-refractivity contribution in [3.8, 4) is 12.3 Å². The zero-order valence-electron chi connectivity index (χ0n) is 12.2. The molecule has 0 saturated carbocycles. The minimum Gasteiger partial charge on any atom is -0.459 e. The lowest BCUT2D eigenvalue weighted by atomic mass is 9.84. The van der Waals surface area contributed by atoms with Crippen molar-refractivity contribution in [1.82, 2.24) is 5.32 Å². The molecule has 0 spiro atoms. The summed E-state index contributed by atoms with van der Waals surface area (Å²) in [5, 5.41) is 2.37. The van der Waals surface area contributed by atoms with Crippen LogP contribution in [-0.2, 0) is 10.3 Å². The number of aliphatic imine (C=N–C) groups is 1. The van der Waals surface area contributed by atoms with Gasteiger partial charge in [-0.05, 0) is 25.1 Å². The highest BCUT2D eigenvalue weighted by Gasteiger charge is 2.56. The van der Waals surface area contributed by atoms with Crippen molar-refractivity contribution in [3.05, 3.63) is 35.1 Å². The van der Waals surface area contributed by atoms with E-state index in [9.17, 15) is 18.0 Å². The number of ether oxygens (including phenoxy) is 1. The Hall–Kier alpha value is -2.69. The Labute approximate surface area is 130 Å². The lowest BCUT2D eigenvalue weighted by Crippen LogP contribution is -2.51. The summed E-state index contributed by atoms with van der Waals surface area (Å²) in [5.74, 6) is -2.85. The van der Waals surface area contributed by atoms with E-state index >= 15 is 0 Å². The molecule has 2 rings (SSSR count).